The largest absolute Gasteiger partial charge is 0.482 e. The molecule has 5 heteroatoms. The van der Waals surface area contributed by atoms with Crippen LogP contribution in [0.1, 0.15) is 18.6 Å². The number of aromatic nitrogens is 2. The fraction of sp³-hybridized carbons (Fsp3) is 0.167. The molecule has 4 nitrogen and oxygen atoms in total. The Kier molecular flexibility index (Phi) is 3.58. The average Bonchev–Trinajstić information content (AvgIpc) is 2.35. The van der Waals surface area contributed by atoms with Crippen LogP contribution in [-0.4, -0.2) is 9.97 Å². The highest BCUT2D eigenvalue weighted by molar-refractivity contribution is 9.10. The van der Waals surface area contributed by atoms with Gasteiger partial charge in [-0.2, -0.15) is 0 Å². The minimum atomic E-state index is -0.123. The summed E-state index contributed by atoms with van der Waals surface area (Å²) in [5.41, 5.74) is 6.74. The summed E-state index contributed by atoms with van der Waals surface area (Å²) in [5.74, 6) is 0.944. The first-order chi connectivity index (χ1) is 8.16. The van der Waals surface area contributed by atoms with Crippen LogP contribution in [0, 0.1) is 0 Å². The van der Waals surface area contributed by atoms with Crippen LogP contribution in [0.5, 0.6) is 5.75 Å². The highest BCUT2D eigenvalue weighted by Gasteiger charge is 2.10. The topological polar surface area (TPSA) is 61.0 Å². The zero-order valence-corrected chi connectivity index (χ0v) is 10.9. The summed E-state index contributed by atoms with van der Waals surface area (Å²) in [6.07, 6.45) is 5.01. The van der Waals surface area contributed by atoms with Gasteiger partial charge in [0.25, 0.3) is 0 Å². The van der Waals surface area contributed by atoms with Crippen LogP contribution < -0.4 is 10.5 Å². The fourth-order valence-corrected chi connectivity index (χ4v) is 1.71. The molecule has 0 aliphatic heterocycles. The van der Waals surface area contributed by atoms with Gasteiger partial charge in [0.2, 0.25) is 0 Å². The third-order valence-electron chi connectivity index (χ3n) is 2.31. The molecule has 0 bridgehead atoms. The zero-order chi connectivity index (χ0) is 12.3. The van der Waals surface area contributed by atoms with E-state index in [0.29, 0.717) is 11.6 Å². The molecule has 2 aromatic heterocycles. The molecular weight excluding hydrogens is 282 g/mol. The molecule has 0 aliphatic rings. The SMILES string of the molecule is C[C@H](Oc1cc(Br)cnc1N)c1cccnc1. The molecule has 17 heavy (non-hydrogen) atoms. The van der Waals surface area contributed by atoms with Crippen molar-refractivity contribution in [1.82, 2.24) is 9.97 Å². The van der Waals surface area contributed by atoms with Gasteiger partial charge in [0.05, 0.1) is 0 Å². The van der Waals surface area contributed by atoms with Gasteiger partial charge in [0.1, 0.15) is 6.10 Å². The molecule has 0 saturated heterocycles. The number of anilines is 1. The van der Waals surface area contributed by atoms with Gasteiger partial charge in [-0.15, -0.1) is 0 Å². The number of hydrogen-bond acceptors (Lipinski definition) is 4. The van der Waals surface area contributed by atoms with E-state index in [1.165, 1.54) is 0 Å². The Labute approximate surface area is 108 Å². The molecule has 2 heterocycles. The standard InChI is InChI=1S/C12H12BrN3O/c1-8(9-3-2-4-15-6-9)17-11-5-10(13)7-16-12(11)14/h2-8H,1H3,(H2,14,16)/t8-/m0/s1. The van der Waals surface area contributed by atoms with Crippen LogP contribution in [-0.2, 0) is 0 Å². The second-order valence-corrected chi connectivity index (χ2v) is 4.50. The van der Waals surface area contributed by atoms with Gasteiger partial charge in [-0.1, -0.05) is 6.07 Å². The maximum atomic E-state index is 5.75. The molecule has 0 spiro atoms. The van der Waals surface area contributed by atoms with Crippen molar-refractivity contribution in [2.24, 2.45) is 0 Å². The number of pyridine rings is 2. The van der Waals surface area contributed by atoms with E-state index >= 15 is 0 Å². The van der Waals surface area contributed by atoms with Crippen LogP contribution >= 0.6 is 15.9 Å². The number of nitrogens with two attached hydrogens (primary N) is 1. The van der Waals surface area contributed by atoms with Crippen molar-refractivity contribution < 1.29 is 4.74 Å². The Hall–Kier alpha value is -1.62. The summed E-state index contributed by atoms with van der Waals surface area (Å²) in [6, 6.07) is 5.63. The highest BCUT2D eigenvalue weighted by atomic mass is 79.9. The van der Waals surface area contributed by atoms with E-state index < -0.39 is 0 Å². The minimum Gasteiger partial charge on any atom is -0.482 e. The van der Waals surface area contributed by atoms with Crippen molar-refractivity contribution in [3.8, 4) is 5.75 Å². The fourth-order valence-electron chi connectivity index (χ4n) is 1.40. The van der Waals surface area contributed by atoms with Crippen molar-refractivity contribution >= 4 is 21.7 Å². The number of nitrogens with zero attached hydrogens (tertiary/aromatic N) is 2. The predicted molar refractivity (Wildman–Crippen MR) is 69.6 cm³/mol. The Morgan fingerprint density at radius 2 is 2.24 bits per heavy atom. The summed E-state index contributed by atoms with van der Waals surface area (Å²) in [4.78, 5) is 8.07. The van der Waals surface area contributed by atoms with E-state index in [9.17, 15) is 0 Å². The molecule has 0 unspecified atom stereocenters. The minimum absolute atomic E-state index is 0.123. The van der Waals surface area contributed by atoms with Crippen molar-refractivity contribution in [3.63, 3.8) is 0 Å². The lowest BCUT2D eigenvalue weighted by molar-refractivity contribution is 0.227. The van der Waals surface area contributed by atoms with Gasteiger partial charge in [0.15, 0.2) is 11.6 Å². The van der Waals surface area contributed by atoms with E-state index in [1.807, 2.05) is 19.1 Å². The second kappa shape index (κ2) is 5.14. The molecule has 1 atom stereocenters. The number of nitrogen functional groups attached to an aromatic ring is 1. The van der Waals surface area contributed by atoms with E-state index in [4.69, 9.17) is 10.5 Å². The predicted octanol–water partition coefficient (Wildman–Crippen LogP) is 2.96. The van der Waals surface area contributed by atoms with Crippen LogP contribution in [0.2, 0.25) is 0 Å². The lowest BCUT2D eigenvalue weighted by atomic mass is 10.2. The van der Waals surface area contributed by atoms with Gasteiger partial charge in [-0.3, -0.25) is 4.98 Å². The molecule has 0 radical (unpaired) electrons. The smallest absolute Gasteiger partial charge is 0.166 e. The van der Waals surface area contributed by atoms with Gasteiger partial charge in [0, 0.05) is 28.6 Å². The normalized spacial score (nSPS) is 12.1. The number of hydrogen-bond donors (Lipinski definition) is 1. The quantitative estimate of drug-likeness (QED) is 0.945. The Balaban J connectivity index is 2.18. The summed E-state index contributed by atoms with van der Waals surface area (Å²) in [7, 11) is 0. The van der Waals surface area contributed by atoms with Crippen LogP contribution in [0.4, 0.5) is 5.82 Å². The molecule has 88 valence electrons. The molecule has 0 saturated carbocycles. The number of halogens is 1. The second-order valence-electron chi connectivity index (χ2n) is 3.58. The van der Waals surface area contributed by atoms with Crippen LogP contribution in [0.15, 0.2) is 41.3 Å². The Bertz CT molecular complexity index is 504. The van der Waals surface area contributed by atoms with Gasteiger partial charge in [-0.25, -0.2) is 4.98 Å². The van der Waals surface area contributed by atoms with Crippen LogP contribution in [0.25, 0.3) is 0 Å². The molecule has 0 amide bonds. The first kappa shape index (κ1) is 11.9. The Morgan fingerprint density at radius 3 is 2.94 bits per heavy atom. The molecule has 0 fully saturated rings. The van der Waals surface area contributed by atoms with Crippen molar-refractivity contribution in [3.05, 3.63) is 46.8 Å². The van der Waals surface area contributed by atoms with E-state index in [1.54, 1.807) is 24.7 Å². The third-order valence-corrected chi connectivity index (χ3v) is 2.74. The van der Waals surface area contributed by atoms with E-state index in [2.05, 4.69) is 25.9 Å². The van der Waals surface area contributed by atoms with Crippen molar-refractivity contribution in [2.75, 3.05) is 5.73 Å². The number of ether oxygens (including phenoxy) is 1. The molecule has 0 aliphatic carbocycles. The van der Waals surface area contributed by atoms with Crippen molar-refractivity contribution in [1.29, 1.82) is 0 Å². The first-order valence-corrected chi connectivity index (χ1v) is 5.93. The third kappa shape index (κ3) is 2.94. The van der Waals surface area contributed by atoms with Crippen molar-refractivity contribution in [2.45, 2.75) is 13.0 Å². The summed E-state index contributed by atoms with van der Waals surface area (Å²) in [6.45, 7) is 1.94. The molecule has 0 aromatic carbocycles. The summed E-state index contributed by atoms with van der Waals surface area (Å²) >= 11 is 3.33. The lowest BCUT2D eigenvalue weighted by Gasteiger charge is -2.15. The lowest BCUT2D eigenvalue weighted by Crippen LogP contribution is -2.06. The maximum absolute atomic E-state index is 5.75. The molecule has 2 rings (SSSR count). The zero-order valence-electron chi connectivity index (χ0n) is 9.30. The monoisotopic (exact) mass is 293 g/mol. The highest BCUT2D eigenvalue weighted by Crippen LogP contribution is 2.27. The molecule has 2 aromatic rings. The Morgan fingerprint density at radius 1 is 1.41 bits per heavy atom. The summed E-state index contributed by atoms with van der Waals surface area (Å²) in [5, 5.41) is 0. The van der Waals surface area contributed by atoms with Gasteiger partial charge < -0.3 is 10.5 Å². The average molecular weight is 294 g/mol. The van der Waals surface area contributed by atoms with Gasteiger partial charge in [-0.05, 0) is 35.0 Å². The van der Waals surface area contributed by atoms with Gasteiger partial charge >= 0.3 is 0 Å². The molecule has 2 N–H and O–H groups in total. The van der Waals surface area contributed by atoms with Crippen LogP contribution in [0.3, 0.4) is 0 Å². The van der Waals surface area contributed by atoms with E-state index in [-0.39, 0.29) is 6.10 Å². The first-order valence-electron chi connectivity index (χ1n) is 5.14. The number of rotatable bonds is 3. The summed E-state index contributed by atoms with van der Waals surface area (Å²) < 4.78 is 6.59. The van der Waals surface area contributed by atoms with E-state index in [0.717, 1.165) is 10.0 Å². The molecular formula is C12H12BrN3O. The maximum Gasteiger partial charge on any atom is 0.166 e.